The molecule has 154 valence electrons. The van der Waals surface area contributed by atoms with E-state index < -0.39 is 20.9 Å². The lowest BCUT2D eigenvalue weighted by Gasteiger charge is -2.15. The second-order valence-corrected chi connectivity index (χ2v) is 8.35. The van der Waals surface area contributed by atoms with Gasteiger partial charge in [0.2, 0.25) is 0 Å². The van der Waals surface area contributed by atoms with Gasteiger partial charge in [0.05, 0.1) is 27.2 Å². The molecule has 0 aliphatic carbocycles. The van der Waals surface area contributed by atoms with Gasteiger partial charge in [-0.1, -0.05) is 18.2 Å². The molecule has 0 radical (unpaired) electrons. The summed E-state index contributed by atoms with van der Waals surface area (Å²) in [5.41, 5.74) is 0.252. The predicted octanol–water partition coefficient (Wildman–Crippen LogP) is 2.61. The Morgan fingerprint density at radius 1 is 1.28 bits per heavy atom. The summed E-state index contributed by atoms with van der Waals surface area (Å²) >= 11 is 0. The highest BCUT2D eigenvalue weighted by molar-refractivity contribution is 7.92. The number of rotatable bonds is 7. The molecule has 29 heavy (non-hydrogen) atoms. The van der Waals surface area contributed by atoms with Crippen LogP contribution >= 0.6 is 0 Å². The number of sulfonamides is 1. The van der Waals surface area contributed by atoms with E-state index in [1.54, 1.807) is 19.1 Å². The van der Waals surface area contributed by atoms with Crippen molar-refractivity contribution in [2.75, 3.05) is 17.9 Å². The highest BCUT2D eigenvalue weighted by Crippen LogP contribution is 2.25. The first-order valence-corrected chi connectivity index (χ1v) is 10.5. The van der Waals surface area contributed by atoms with Crippen LogP contribution in [-0.2, 0) is 14.8 Å². The number of carbonyl (C=O) groups excluding carboxylic acids is 1. The van der Waals surface area contributed by atoms with E-state index in [9.17, 15) is 23.3 Å². The van der Waals surface area contributed by atoms with Crippen molar-refractivity contribution >= 4 is 27.3 Å². The zero-order valence-electron chi connectivity index (χ0n) is 15.8. The molecule has 1 atom stereocenters. The van der Waals surface area contributed by atoms with Crippen molar-refractivity contribution in [1.82, 2.24) is 5.32 Å². The number of nitro groups is 1. The van der Waals surface area contributed by atoms with Crippen molar-refractivity contribution in [3.63, 3.8) is 0 Å². The van der Waals surface area contributed by atoms with Gasteiger partial charge in [0.25, 0.3) is 21.6 Å². The van der Waals surface area contributed by atoms with Gasteiger partial charge in [-0.3, -0.25) is 19.6 Å². The molecule has 2 aromatic rings. The topological polar surface area (TPSA) is 128 Å². The highest BCUT2D eigenvalue weighted by atomic mass is 32.2. The molecule has 10 heteroatoms. The van der Waals surface area contributed by atoms with Crippen LogP contribution in [0.4, 0.5) is 11.4 Å². The predicted molar refractivity (Wildman–Crippen MR) is 106 cm³/mol. The van der Waals surface area contributed by atoms with E-state index in [-0.39, 0.29) is 27.9 Å². The summed E-state index contributed by atoms with van der Waals surface area (Å²) in [6, 6.07) is 9.78. The maximum Gasteiger partial charge on any atom is 0.270 e. The highest BCUT2D eigenvalue weighted by Gasteiger charge is 2.23. The molecular formula is C19H21N3O6S. The Morgan fingerprint density at radius 2 is 2.03 bits per heavy atom. The molecule has 2 aromatic carbocycles. The third-order valence-electron chi connectivity index (χ3n) is 4.60. The number of nitrogens with one attached hydrogen (secondary N) is 2. The molecule has 3 rings (SSSR count). The molecule has 1 amide bonds. The fraction of sp³-hybridized carbons (Fsp3) is 0.316. The monoisotopic (exact) mass is 419 g/mol. The van der Waals surface area contributed by atoms with Crippen molar-refractivity contribution in [1.29, 1.82) is 0 Å². The number of carbonyl (C=O) groups is 1. The lowest BCUT2D eigenvalue weighted by molar-refractivity contribution is -0.385. The van der Waals surface area contributed by atoms with Gasteiger partial charge in [0.15, 0.2) is 0 Å². The van der Waals surface area contributed by atoms with Gasteiger partial charge in [-0.05, 0) is 37.5 Å². The molecule has 1 aliphatic heterocycles. The normalized spacial score (nSPS) is 16.4. The molecule has 1 fully saturated rings. The van der Waals surface area contributed by atoms with Crippen LogP contribution in [0.25, 0.3) is 0 Å². The van der Waals surface area contributed by atoms with E-state index in [1.165, 1.54) is 24.3 Å². The number of ether oxygens (including phenoxy) is 1. The molecule has 0 bridgehead atoms. The third-order valence-corrected chi connectivity index (χ3v) is 6.11. The summed E-state index contributed by atoms with van der Waals surface area (Å²) in [7, 11) is -4.15. The fourth-order valence-corrected chi connectivity index (χ4v) is 4.41. The van der Waals surface area contributed by atoms with Gasteiger partial charge >= 0.3 is 0 Å². The minimum atomic E-state index is -4.15. The van der Waals surface area contributed by atoms with Crippen LogP contribution in [0, 0.1) is 17.0 Å². The maximum absolute atomic E-state index is 12.9. The number of nitro benzene ring substituents is 1. The van der Waals surface area contributed by atoms with Gasteiger partial charge in [0.1, 0.15) is 0 Å². The average molecular weight is 419 g/mol. The summed E-state index contributed by atoms with van der Waals surface area (Å²) < 4.78 is 33.6. The summed E-state index contributed by atoms with van der Waals surface area (Å²) in [5, 5.41) is 13.8. The second-order valence-electron chi connectivity index (χ2n) is 6.70. The van der Waals surface area contributed by atoms with E-state index >= 15 is 0 Å². The first-order valence-electron chi connectivity index (χ1n) is 9.04. The molecular weight excluding hydrogens is 398 g/mol. The fourth-order valence-electron chi connectivity index (χ4n) is 3.07. The van der Waals surface area contributed by atoms with E-state index in [2.05, 4.69) is 10.0 Å². The standard InChI is InChI=1S/C19H21N3O6S/c1-13-8-9-14(22(24)25)11-18(13)29(26,27)21-17-7-3-2-6-16(17)19(23)20-12-15-5-4-10-28-15/h2-3,6-9,11,15,21H,4-5,10,12H2,1H3,(H,20,23)/t15-/m0/s1. The first-order chi connectivity index (χ1) is 13.8. The summed E-state index contributed by atoms with van der Waals surface area (Å²) in [4.78, 5) is 22.7. The van der Waals surface area contributed by atoms with E-state index in [4.69, 9.17) is 4.74 Å². The van der Waals surface area contributed by atoms with Crippen LogP contribution in [0.1, 0.15) is 28.8 Å². The summed E-state index contributed by atoms with van der Waals surface area (Å²) in [6.07, 6.45) is 1.76. The van der Waals surface area contributed by atoms with Crippen LogP contribution in [0.2, 0.25) is 0 Å². The Kier molecular flexibility index (Phi) is 6.14. The molecule has 1 aliphatic rings. The molecule has 9 nitrogen and oxygen atoms in total. The first kappa shape index (κ1) is 20.7. The van der Waals surface area contributed by atoms with Crippen LogP contribution in [-0.4, -0.2) is 38.5 Å². The number of amides is 1. The Morgan fingerprint density at radius 3 is 2.72 bits per heavy atom. The number of hydrogen-bond acceptors (Lipinski definition) is 6. The summed E-state index contributed by atoms with van der Waals surface area (Å²) in [5.74, 6) is -0.436. The number of benzene rings is 2. The van der Waals surface area contributed by atoms with Crippen molar-refractivity contribution in [3.8, 4) is 0 Å². The largest absolute Gasteiger partial charge is 0.376 e. The van der Waals surface area contributed by atoms with Crippen LogP contribution in [0.15, 0.2) is 47.4 Å². The van der Waals surface area contributed by atoms with Gasteiger partial charge in [-0.2, -0.15) is 0 Å². The minimum absolute atomic E-state index is 0.0460. The quantitative estimate of drug-likeness (QED) is 0.524. The van der Waals surface area contributed by atoms with E-state index in [0.29, 0.717) is 18.7 Å². The molecule has 1 heterocycles. The second kappa shape index (κ2) is 8.58. The minimum Gasteiger partial charge on any atom is -0.376 e. The van der Waals surface area contributed by atoms with Crippen molar-refractivity contribution in [3.05, 3.63) is 63.7 Å². The van der Waals surface area contributed by atoms with Gasteiger partial charge in [-0.25, -0.2) is 8.42 Å². The van der Waals surface area contributed by atoms with Gasteiger partial charge < -0.3 is 10.1 Å². The number of nitrogens with zero attached hydrogens (tertiary/aromatic N) is 1. The Labute approximate surface area is 168 Å². The molecule has 0 unspecified atom stereocenters. The van der Waals surface area contributed by atoms with Gasteiger partial charge in [0, 0.05) is 25.3 Å². The third kappa shape index (κ3) is 4.90. The smallest absolute Gasteiger partial charge is 0.270 e. The van der Waals surface area contributed by atoms with Crippen molar-refractivity contribution in [2.45, 2.75) is 30.8 Å². The number of hydrogen-bond donors (Lipinski definition) is 2. The number of non-ortho nitro benzene ring substituents is 1. The Hall–Kier alpha value is -2.98. The molecule has 0 saturated carbocycles. The number of aryl methyl sites for hydroxylation is 1. The molecule has 1 saturated heterocycles. The van der Waals surface area contributed by atoms with Crippen molar-refractivity contribution < 1.29 is 22.9 Å². The van der Waals surface area contributed by atoms with E-state index in [0.717, 1.165) is 18.9 Å². The van der Waals surface area contributed by atoms with Crippen LogP contribution in [0.5, 0.6) is 0 Å². The van der Waals surface area contributed by atoms with E-state index in [1.807, 2.05) is 0 Å². The molecule has 0 spiro atoms. The zero-order chi connectivity index (χ0) is 21.0. The molecule has 2 N–H and O–H groups in total. The summed E-state index contributed by atoms with van der Waals surface area (Å²) in [6.45, 7) is 2.54. The van der Waals surface area contributed by atoms with Crippen molar-refractivity contribution in [2.24, 2.45) is 0 Å². The van der Waals surface area contributed by atoms with Gasteiger partial charge in [-0.15, -0.1) is 0 Å². The molecule has 0 aromatic heterocycles. The Balaban J connectivity index is 1.83. The zero-order valence-corrected chi connectivity index (χ0v) is 16.6. The number of anilines is 1. The average Bonchev–Trinajstić information content (AvgIpc) is 3.20. The maximum atomic E-state index is 12.9. The SMILES string of the molecule is Cc1ccc([N+](=O)[O-])cc1S(=O)(=O)Nc1ccccc1C(=O)NC[C@@H]1CCCO1. The van der Waals surface area contributed by atoms with Crippen LogP contribution < -0.4 is 10.0 Å². The lowest BCUT2D eigenvalue weighted by Crippen LogP contribution is -2.32. The number of para-hydroxylation sites is 1. The Bertz CT molecular complexity index is 1030. The lowest BCUT2D eigenvalue weighted by atomic mass is 10.1. The van der Waals surface area contributed by atoms with Crippen LogP contribution in [0.3, 0.4) is 0 Å².